The van der Waals surface area contributed by atoms with Gasteiger partial charge in [0, 0.05) is 11.3 Å². The molecule has 1 atom stereocenters. The summed E-state index contributed by atoms with van der Waals surface area (Å²) in [7, 11) is 0. The Morgan fingerprint density at radius 3 is 2.67 bits per heavy atom. The van der Waals surface area contributed by atoms with Crippen LogP contribution in [0.4, 0.5) is 5.69 Å². The van der Waals surface area contributed by atoms with Gasteiger partial charge >= 0.3 is 0 Å². The van der Waals surface area contributed by atoms with Crippen LogP contribution < -0.4 is 15.4 Å². The first-order chi connectivity index (χ1) is 11.5. The third-order valence-corrected chi connectivity index (χ3v) is 4.30. The number of hydrogen-bond donors (Lipinski definition) is 2. The average Bonchev–Trinajstić information content (AvgIpc) is 2.55. The summed E-state index contributed by atoms with van der Waals surface area (Å²) in [4.78, 5) is 12.4. The summed E-state index contributed by atoms with van der Waals surface area (Å²) in [6.45, 7) is 7.02. The van der Waals surface area contributed by atoms with Gasteiger partial charge in [-0.05, 0) is 43.5 Å². The van der Waals surface area contributed by atoms with Crippen LogP contribution in [0.1, 0.15) is 43.1 Å². The van der Waals surface area contributed by atoms with Crippen molar-refractivity contribution >= 4 is 11.6 Å². The van der Waals surface area contributed by atoms with E-state index >= 15 is 0 Å². The fourth-order valence-corrected chi connectivity index (χ4v) is 2.84. The van der Waals surface area contributed by atoms with Crippen molar-refractivity contribution in [3.8, 4) is 5.75 Å². The number of benzene rings is 2. The normalized spacial score (nSPS) is 19.4. The molecule has 1 aliphatic heterocycles. The molecule has 1 heterocycles. The molecule has 0 spiro atoms. The van der Waals surface area contributed by atoms with Gasteiger partial charge in [-0.3, -0.25) is 4.79 Å². The second-order valence-electron chi connectivity index (χ2n) is 6.81. The Bertz CT molecular complexity index is 742. The third-order valence-electron chi connectivity index (χ3n) is 4.30. The van der Waals surface area contributed by atoms with Crippen molar-refractivity contribution in [1.29, 1.82) is 0 Å². The lowest BCUT2D eigenvalue weighted by Crippen LogP contribution is -2.52. The monoisotopic (exact) mass is 324 g/mol. The molecule has 0 aromatic heterocycles. The molecular weight excluding hydrogens is 300 g/mol. The van der Waals surface area contributed by atoms with Crippen LogP contribution in [0, 0.1) is 5.92 Å². The van der Waals surface area contributed by atoms with E-state index in [9.17, 15) is 4.79 Å². The molecule has 24 heavy (non-hydrogen) atoms. The Morgan fingerprint density at radius 2 is 1.88 bits per heavy atom. The van der Waals surface area contributed by atoms with Crippen molar-refractivity contribution < 1.29 is 9.53 Å². The van der Waals surface area contributed by atoms with Crippen molar-refractivity contribution in [3.05, 3.63) is 59.7 Å². The van der Waals surface area contributed by atoms with E-state index in [2.05, 4.69) is 24.5 Å². The number of anilines is 1. The smallest absolute Gasteiger partial charge is 0.255 e. The number of hydrogen-bond acceptors (Lipinski definition) is 3. The molecule has 2 aromatic carbocycles. The van der Waals surface area contributed by atoms with Crippen molar-refractivity contribution in [1.82, 2.24) is 5.32 Å². The molecular formula is C20H24N2O2. The van der Waals surface area contributed by atoms with Gasteiger partial charge in [0.25, 0.3) is 5.91 Å². The molecule has 2 N–H and O–H groups in total. The fourth-order valence-electron chi connectivity index (χ4n) is 2.84. The van der Waals surface area contributed by atoms with Gasteiger partial charge in [-0.25, -0.2) is 0 Å². The Morgan fingerprint density at radius 1 is 1.08 bits per heavy atom. The molecule has 0 saturated heterocycles. The van der Waals surface area contributed by atoms with Gasteiger partial charge in [0.05, 0.1) is 12.2 Å². The first kappa shape index (κ1) is 16.4. The number of fused-ring (bicyclic) bond motifs is 1. The van der Waals surface area contributed by atoms with Crippen LogP contribution in [0.2, 0.25) is 0 Å². The molecule has 1 aliphatic rings. The zero-order valence-electron chi connectivity index (χ0n) is 14.4. The molecule has 3 rings (SSSR count). The molecule has 0 radical (unpaired) electrons. The van der Waals surface area contributed by atoms with Gasteiger partial charge in [0.2, 0.25) is 0 Å². The van der Waals surface area contributed by atoms with Gasteiger partial charge in [-0.1, -0.05) is 38.1 Å². The summed E-state index contributed by atoms with van der Waals surface area (Å²) in [6.07, 6.45) is 1.02. The van der Waals surface area contributed by atoms with E-state index in [1.165, 1.54) is 0 Å². The number of amides is 1. The molecule has 0 aliphatic carbocycles. The Balaban J connectivity index is 1.82. The topological polar surface area (TPSA) is 50.4 Å². The summed E-state index contributed by atoms with van der Waals surface area (Å²) in [5, 5.41) is 6.50. The lowest BCUT2D eigenvalue weighted by Gasteiger charge is -2.38. The van der Waals surface area contributed by atoms with Gasteiger partial charge in [0.1, 0.15) is 11.4 Å². The second-order valence-corrected chi connectivity index (χ2v) is 6.81. The minimum Gasteiger partial charge on any atom is -0.494 e. The standard InChI is InChI=1S/C20H24N2O2/c1-14(2)11-12-24-16-8-6-7-15(13-16)20(3)21-18-10-5-4-9-17(18)19(23)22-20/h4-10,13-14,21H,11-12H2,1-3H3,(H,22,23). The highest BCUT2D eigenvalue weighted by molar-refractivity contribution is 6.02. The van der Waals surface area contributed by atoms with Gasteiger partial charge in [-0.2, -0.15) is 0 Å². The number of para-hydroxylation sites is 1. The predicted molar refractivity (Wildman–Crippen MR) is 96.3 cm³/mol. The van der Waals surface area contributed by atoms with Crippen LogP contribution in [-0.2, 0) is 5.66 Å². The zero-order valence-corrected chi connectivity index (χ0v) is 14.4. The van der Waals surface area contributed by atoms with E-state index in [0.717, 1.165) is 23.4 Å². The van der Waals surface area contributed by atoms with Crippen LogP contribution >= 0.6 is 0 Å². The number of nitrogens with one attached hydrogen (secondary N) is 2. The Kier molecular flexibility index (Phi) is 4.47. The minimum absolute atomic E-state index is 0.0713. The van der Waals surface area contributed by atoms with E-state index < -0.39 is 5.66 Å². The van der Waals surface area contributed by atoms with Gasteiger partial charge in [-0.15, -0.1) is 0 Å². The molecule has 0 bridgehead atoms. The average molecular weight is 324 g/mol. The zero-order chi connectivity index (χ0) is 17.2. The maximum Gasteiger partial charge on any atom is 0.255 e. The fraction of sp³-hybridized carbons (Fsp3) is 0.350. The van der Waals surface area contributed by atoms with Gasteiger partial charge in [0.15, 0.2) is 0 Å². The van der Waals surface area contributed by atoms with Crippen molar-refractivity contribution in [2.24, 2.45) is 5.92 Å². The number of rotatable bonds is 5. The lowest BCUT2D eigenvalue weighted by atomic mass is 9.96. The highest BCUT2D eigenvalue weighted by Crippen LogP contribution is 2.32. The summed E-state index contributed by atoms with van der Waals surface area (Å²) >= 11 is 0. The van der Waals surface area contributed by atoms with Crippen LogP contribution in [0.25, 0.3) is 0 Å². The van der Waals surface area contributed by atoms with E-state index in [-0.39, 0.29) is 5.91 Å². The maximum absolute atomic E-state index is 12.4. The van der Waals surface area contributed by atoms with Crippen LogP contribution in [0.3, 0.4) is 0 Å². The summed E-state index contributed by atoms with van der Waals surface area (Å²) < 4.78 is 5.85. The van der Waals surface area contributed by atoms with Crippen LogP contribution in [0.5, 0.6) is 5.75 Å². The Labute approximate surface area is 143 Å². The predicted octanol–water partition coefficient (Wildman–Crippen LogP) is 4.14. The summed E-state index contributed by atoms with van der Waals surface area (Å²) in [6, 6.07) is 15.4. The summed E-state index contributed by atoms with van der Waals surface area (Å²) in [5.74, 6) is 1.36. The van der Waals surface area contributed by atoms with Crippen molar-refractivity contribution in [2.45, 2.75) is 32.9 Å². The van der Waals surface area contributed by atoms with Crippen molar-refractivity contribution in [2.75, 3.05) is 11.9 Å². The largest absolute Gasteiger partial charge is 0.494 e. The lowest BCUT2D eigenvalue weighted by molar-refractivity contribution is 0.0906. The molecule has 0 saturated carbocycles. The van der Waals surface area contributed by atoms with Crippen LogP contribution in [0.15, 0.2) is 48.5 Å². The van der Waals surface area contributed by atoms with Crippen LogP contribution in [-0.4, -0.2) is 12.5 Å². The minimum atomic E-state index is -0.664. The van der Waals surface area contributed by atoms with E-state index in [1.807, 2.05) is 55.5 Å². The van der Waals surface area contributed by atoms with Crippen molar-refractivity contribution in [3.63, 3.8) is 0 Å². The first-order valence-electron chi connectivity index (χ1n) is 8.41. The quantitative estimate of drug-likeness (QED) is 0.869. The Hall–Kier alpha value is -2.49. The number of carbonyl (C=O) groups excluding carboxylic acids is 1. The first-order valence-corrected chi connectivity index (χ1v) is 8.41. The molecule has 0 fully saturated rings. The molecule has 2 aromatic rings. The van der Waals surface area contributed by atoms with E-state index in [4.69, 9.17) is 4.74 Å². The van der Waals surface area contributed by atoms with Gasteiger partial charge < -0.3 is 15.4 Å². The molecule has 4 heteroatoms. The SMILES string of the molecule is CC(C)CCOc1cccc(C2(C)NC(=O)c3ccccc3N2)c1. The third kappa shape index (κ3) is 3.37. The highest BCUT2D eigenvalue weighted by Gasteiger charge is 2.34. The second kappa shape index (κ2) is 6.56. The highest BCUT2D eigenvalue weighted by atomic mass is 16.5. The summed E-state index contributed by atoms with van der Waals surface area (Å²) in [5.41, 5.74) is 1.81. The number of carbonyl (C=O) groups is 1. The van der Waals surface area contributed by atoms with E-state index in [0.29, 0.717) is 18.1 Å². The van der Waals surface area contributed by atoms with E-state index in [1.54, 1.807) is 0 Å². The molecule has 4 nitrogen and oxygen atoms in total. The maximum atomic E-state index is 12.4. The number of ether oxygens (including phenoxy) is 1. The molecule has 126 valence electrons. The molecule has 1 amide bonds. The molecule has 1 unspecified atom stereocenters.